The van der Waals surface area contributed by atoms with E-state index >= 15 is 0 Å². The van der Waals surface area contributed by atoms with Gasteiger partial charge in [-0.3, -0.25) is 0 Å². The van der Waals surface area contributed by atoms with E-state index in [2.05, 4.69) is 0 Å². The van der Waals surface area contributed by atoms with E-state index in [0.717, 1.165) is 5.56 Å². The van der Waals surface area contributed by atoms with Gasteiger partial charge < -0.3 is 54.3 Å². The smallest absolute Gasteiger partial charge is 0.338 e. The van der Waals surface area contributed by atoms with Crippen LogP contribution in [0.1, 0.15) is 22.3 Å². The van der Waals surface area contributed by atoms with Gasteiger partial charge in [0.1, 0.15) is 42.9 Å². The number of rotatable bonds is 13. The van der Waals surface area contributed by atoms with Gasteiger partial charge in [0.05, 0.1) is 25.9 Å². The van der Waals surface area contributed by atoms with E-state index in [1.54, 1.807) is 18.2 Å². The number of aromatic hydroxyl groups is 1. The molecule has 0 amide bonds. The average molecular weight is 539 g/mol. The van der Waals surface area contributed by atoms with E-state index < -0.39 is 56.0 Å². The van der Waals surface area contributed by atoms with Gasteiger partial charge in [-0.05, 0) is 54.8 Å². The molecule has 1 aliphatic rings. The number of phenolic OH excluding ortho intramolecular Hbond substituents is 1. The second-order valence-electron chi connectivity index (χ2n) is 8.73. The highest BCUT2D eigenvalue weighted by molar-refractivity contribution is 5.89. The Morgan fingerprint density at radius 1 is 1.00 bits per heavy atom. The van der Waals surface area contributed by atoms with Gasteiger partial charge in [0.25, 0.3) is 0 Å². The minimum absolute atomic E-state index is 0.0247. The van der Waals surface area contributed by atoms with E-state index in [1.165, 1.54) is 31.4 Å². The lowest BCUT2D eigenvalue weighted by Crippen LogP contribution is -2.59. The van der Waals surface area contributed by atoms with Gasteiger partial charge in [-0.1, -0.05) is 6.07 Å². The quantitative estimate of drug-likeness (QED) is 0.184. The number of aliphatic hydroxyl groups excluding tert-OH is 5. The number of methoxy groups -OCH3 is 1. The zero-order valence-electron chi connectivity index (χ0n) is 20.9. The largest absolute Gasteiger partial charge is 0.508 e. The average Bonchev–Trinajstić information content (AvgIpc) is 2.93. The second kappa shape index (κ2) is 14.3. The van der Waals surface area contributed by atoms with E-state index in [9.17, 15) is 30.3 Å². The maximum Gasteiger partial charge on any atom is 0.338 e. The van der Waals surface area contributed by atoms with Gasteiger partial charge in [-0.25, -0.2) is 4.79 Å². The third-order valence-corrected chi connectivity index (χ3v) is 5.95. The lowest BCUT2D eigenvalue weighted by Gasteiger charge is -2.40. The highest BCUT2D eigenvalue weighted by Gasteiger charge is 2.45. The van der Waals surface area contributed by atoms with Crippen LogP contribution in [0.15, 0.2) is 42.5 Å². The molecule has 6 N–H and O–H groups in total. The third kappa shape index (κ3) is 7.77. The molecule has 0 aromatic heterocycles. The molecule has 0 aliphatic carbocycles. The summed E-state index contributed by atoms with van der Waals surface area (Å²) in [4.78, 5) is 12.2. The van der Waals surface area contributed by atoms with Gasteiger partial charge in [0, 0.05) is 6.61 Å². The van der Waals surface area contributed by atoms with Crippen molar-refractivity contribution in [3.63, 3.8) is 0 Å². The second-order valence-corrected chi connectivity index (χ2v) is 8.73. The van der Waals surface area contributed by atoms with Crippen molar-refractivity contribution in [2.75, 3.05) is 33.5 Å². The molecule has 1 fully saturated rings. The van der Waals surface area contributed by atoms with Crippen LogP contribution in [0.4, 0.5) is 0 Å². The lowest BCUT2D eigenvalue weighted by molar-refractivity contribution is -0.304. The summed E-state index contributed by atoms with van der Waals surface area (Å²) < 4.78 is 27.4. The molecule has 6 atom stereocenters. The number of ether oxygens (including phenoxy) is 5. The van der Waals surface area contributed by atoms with Crippen molar-refractivity contribution in [1.82, 2.24) is 0 Å². The number of esters is 1. The first-order chi connectivity index (χ1) is 18.3. The molecule has 12 nitrogen and oxygen atoms in total. The molecule has 2 aromatic rings. The van der Waals surface area contributed by atoms with Crippen LogP contribution in [0.3, 0.4) is 0 Å². The Kier molecular flexibility index (Phi) is 11.1. The van der Waals surface area contributed by atoms with Crippen LogP contribution in [0.5, 0.6) is 17.2 Å². The van der Waals surface area contributed by atoms with E-state index in [-0.39, 0.29) is 24.5 Å². The van der Waals surface area contributed by atoms with Crippen molar-refractivity contribution in [2.24, 2.45) is 0 Å². The van der Waals surface area contributed by atoms with Gasteiger partial charge >= 0.3 is 5.97 Å². The summed E-state index contributed by atoms with van der Waals surface area (Å²) >= 11 is 0. The fourth-order valence-corrected chi connectivity index (χ4v) is 3.78. The zero-order valence-corrected chi connectivity index (χ0v) is 20.9. The summed E-state index contributed by atoms with van der Waals surface area (Å²) in [5.74, 6) is -0.0170. The summed E-state index contributed by atoms with van der Waals surface area (Å²) in [7, 11) is 1.47. The molecule has 0 bridgehead atoms. The molecular formula is C26H34O12. The van der Waals surface area contributed by atoms with Crippen LogP contribution in [0, 0.1) is 0 Å². The summed E-state index contributed by atoms with van der Waals surface area (Å²) in [5, 5.41) is 59.0. The maximum atomic E-state index is 12.2. The molecule has 210 valence electrons. The molecule has 0 saturated carbocycles. The molecule has 1 saturated heterocycles. The first-order valence-corrected chi connectivity index (χ1v) is 12.1. The van der Waals surface area contributed by atoms with Crippen molar-refractivity contribution in [3.05, 3.63) is 53.6 Å². The topological polar surface area (TPSA) is 185 Å². The standard InChI is InChI=1S/C26H34O12/c1-34-20-11-15(3-2-10-27)4-9-19(20)37-18(12-28)13-36-26-24(32)23(31)22(30)21(38-26)14-35-25(33)16-5-7-17(29)8-6-16/h4-9,11,18,21-24,26-32H,2-3,10,12-14H2,1H3/t18?,21-,22-,23+,24-,26-/m1/s1. The number of hydrogen-bond acceptors (Lipinski definition) is 12. The number of hydrogen-bond donors (Lipinski definition) is 6. The van der Waals surface area contributed by atoms with Crippen LogP contribution in [-0.4, -0.2) is 107 Å². The van der Waals surface area contributed by atoms with Crippen molar-refractivity contribution in [2.45, 2.75) is 49.7 Å². The molecule has 1 unspecified atom stereocenters. The van der Waals surface area contributed by atoms with Crippen molar-refractivity contribution < 1.29 is 59.1 Å². The number of phenols is 1. The van der Waals surface area contributed by atoms with Gasteiger partial charge in [0.15, 0.2) is 17.8 Å². The normalized spacial score (nSPS) is 24.0. The fourth-order valence-electron chi connectivity index (χ4n) is 3.78. The molecule has 1 aliphatic heterocycles. The number of aryl methyl sites for hydroxylation is 1. The minimum Gasteiger partial charge on any atom is -0.508 e. The Hall–Kier alpha value is -2.97. The van der Waals surface area contributed by atoms with Crippen molar-refractivity contribution >= 4 is 5.97 Å². The molecule has 1 heterocycles. The Bertz CT molecular complexity index is 1010. The molecule has 0 radical (unpaired) electrons. The summed E-state index contributed by atoms with van der Waals surface area (Å²) in [6, 6.07) is 10.6. The fraction of sp³-hybridized carbons (Fsp3) is 0.500. The number of carbonyl (C=O) groups excluding carboxylic acids is 1. The Morgan fingerprint density at radius 2 is 1.74 bits per heavy atom. The monoisotopic (exact) mass is 538 g/mol. The van der Waals surface area contributed by atoms with Gasteiger partial charge in [0.2, 0.25) is 0 Å². The van der Waals surface area contributed by atoms with Crippen LogP contribution in [-0.2, 0) is 20.6 Å². The highest BCUT2D eigenvalue weighted by Crippen LogP contribution is 2.30. The predicted octanol–water partition coefficient (Wildman–Crippen LogP) is -0.253. The van der Waals surface area contributed by atoms with Crippen molar-refractivity contribution in [1.29, 1.82) is 0 Å². The molecule has 3 rings (SSSR count). The summed E-state index contributed by atoms with van der Waals surface area (Å²) in [5.41, 5.74) is 1.09. The number of benzene rings is 2. The summed E-state index contributed by atoms with van der Waals surface area (Å²) in [6.45, 7) is -1.12. The Balaban J connectivity index is 1.58. The SMILES string of the molecule is COc1cc(CCCO)ccc1OC(CO)CO[C@@H]1O[C@H](COC(=O)c2ccc(O)cc2)[C@@H](O)[C@H](O)[C@H]1O. The molecule has 12 heteroatoms. The van der Waals surface area contributed by atoms with E-state index in [0.29, 0.717) is 24.3 Å². The Morgan fingerprint density at radius 3 is 2.39 bits per heavy atom. The zero-order chi connectivity index (χ0) is 27.7. The van der Waals surface area contributed by atoms with Crippen LogP contribution in [0.2, 0.25) is 0 Å². The molecular weight excluding hydrogens is 504 g/mol. The molecule has 0 spiro atoms. The first-order valence-electron chi connectivity index (χ1n) is 12.1. The molecule has 2 aromatic carbocycles. The number of aliphatic hydroxyl groups is 5. The van der Waals surface area contributed by atoms with Crippen LogP contribution in [0.25, 0.3) is 0 Å². The Labute approximate surface area is 219 Å². The predicted molar refractivity (Wildman–Crippen MR) is 131 cm³/mol. The van der Waals surface area contributed by atoms with E-state index in [1.807, 2.05) is 0 Å². The number of carbonyl (C=O) groups is 1. The third-order valence-electron chi connectivity index (χ3n) is 5.95. The molecule has 38 heavy (non-hydrogen) atoms. The lowest BCUT2D eigenvalue weighted by atomic mass is 9.99. The highest BCUT2D eigenvalue weighted by atomic mass is 16.7. The van der Waals surface area contributed by atoms with Crippen LogP contribution >= 0.6 is 0 Å². The van der Waals surface area contributed by atoms with Crippen molar-refractivity contribution in [3.8, 4) is 17.2 Å². The van der Waals surface area contributed by atoms with E-state index in [4.69, 9.17) is 28.8 Å². The van der Waals surface area contributed by atoms with Gasteiger partial charge in [-0.2, -0.15) is 0 Å². The summed E-state index contributed by atoms with van der Waals surface area (Å²) in [6.07, 6.45) is -7.17. The van der Waals surface area contributed by atoms with Crippen LogP contribution < -0.4 is 9.47 Å². The maximum absolute atomic E-state index is 12.2. The van der Waals surface area contributed by atoms with Gasteiger partial charge in [-0.15, -0.1) is 0 Å². The minimum atomic E-state index is -1.66. The first kappa shape index (κ1) is 29.6.